The van der Waals surface area contributed by atoms with Crippen molar-refractivity contribution < 1.29 is 22.7 Å². The van der Waals surface area contributed by atoms with Crippen LogP contribution >= 0.6 is 23.2 Å². The van der Waals surface area contributed by atoms with Crippen LogP contribution in [-0.4, -0.2) is 50.4 Å². The molecular weight excluding hydrogens is 573 g/mol. The van der Waals surface area contributed by atoms with Gasteiger partial charge in [-0.1, -0.05) is 47.5 Å². The number of benzene rings is 3. The van der Waals surface area contributed by atoms with Crippen molar-refractivity contribution in [3.05, 3.63) is 88.4 Å². The first-order valence-electron chi connectivity index (χ1n) is 12.5. The van der Waals surface area contributed by atoms with Crippen molar-refractivity contribution in [3.63, 3.8) is 0 Å². The smallest absolute Gasteiger partial charge is 0.264 e. The summed E-state index contributed by atoms with van der Waals surface area (Å²) in [6.07, 6.45) is 0. The van der Waals surface area contributed by atoms with E-state index in [2.05, 4.69) is 5.32 Å². The summed E-state index contributed by atoms with van der Waals surface area (Å²) in [5.41, 5.74) is 0.382. The Balaban J connectivity index is 2.02. The summed E-state index contributed by atoms with van der Waals surface area (Å²) in [6, 6.07) is 18.2. The van der Waals surface area contributed by atoms with Gasteiger partial charge >= 0.3 is 0 Å². The molecular formula is C29H33Cl2N3O5S. The van der Waals surface area contributed by atoms with Crippen molar-refractivity contribution in [2.45, 2.75) is 50.7 Å². The number of nitrogens with one attached hydrogen (secondary N) is 1. The van der Waals surface area contributed by atoms with Crippen LogP contribution in [0.4, 0.5) is 5.69 Å². The first-order valence-corrected chi connectivity index (χ1v) is 14.7. The van der Waals surface area contributed by atoms with Crippen LogP contribution in [0.3, 0.4) is 0 Å². The van der Waals surface area contributed by atoms with Gasteiger partial charge in [-0.2, -0.15) is 0 Å². The third-order valence-corrected chi connectivity index (χ3v) is 8.50. The number of halogens is 2. The minimum Gasteiger partial charge on any atom is -0.497 e. The molecule has 2 amide bonds. The summed E-state index contributed by atoms with van der Waals surface area (Å²) < 4.78 is 33.8. The largest absolute Gasteiger partial charge is 0.497 e. The number of rotatable bonds is 10. The van der Waals surface area contributed by atoms with E-state index in [0.29, 0.717) is 27.0 Å². The predicted molar refractivity (Wildman–Crippen MR) is 158 cm³/mol. The van der Waals surface area contributed by atoms with Gasteiger partial charge < -0.3 is 15.0 Å². The summed E-state index contributed by atoms with van der Waals surface area (Å²) in [7, 11) is -2.69. The van der Waals surface area contributed by atoms with E-state index in [9.17, 15) is 18.0 Å². The van der Waals surface area contributed by atoms with Gasteiger partial charge in [-0.15, -0.1) is 0 Å². The van der Waals surface area contributed by atoms with E-state index >= 15 is 0 Å². The van der Waals surface area contributed by atoms with E-state index in [1.807, 2.05) is 20.8 Å². The lowest BCUT2D eigenvalue weighted by Gasteiger charge is -2.33. The molecule has 0 aliphatic rings. The lowest BCUT2D eigenvalue weighted by Crippen LogP contribution is -2.54. The number of anilines is 1. The maximum atomic E-state index is 13.9. The van der Waals surface area contributed by atoms with E-state index < -0.39 is 34.1 Å². The van der Waals surface area contributed by atoms with Crippen LogP contribution in [0, 0.1) is 0 Å². The third-order valence-electron chi connectivity index (χ3n) is 5.97. The molecule has 0 fully saturated rings. The molecule has 0 saturated carbocycles. The van der Waals surface area contributed by atoms with Gasteiger partial charge in [0.15, 0.2) is 0 Å². The Labute approximate surface area is 245 Å². The highest BCUT2D eigenvalue weighted by molar-refractivity contribution is 7.92. The first-order chi connectivity index (χ1) is 18.7. The fraction of sp³-hybridized carbons (Fsp3) is 0.310. The van der Waals surface area contributed by atoms with Crippen molar-refractivity contribution in [1.29, 1.82) is 0 Å². The number of nitrogens with zero attached hydrogens (tertiary/aromatic N) is 2. The van der Waals surface area contributed by atoms with Gasteiger partial charge in [0.1, 0.15) is 18.3 Å². The van der Waals surface area contributed by atoms with Gasteiger partial charge in [0.2, 0.25) is 11.8 Å². The molecule has 214 valence electrons. The maximum absolute atomic E-state index is 13.9. The molecule has 1 N–H and O–H groups in total. The lowest BCUT2D eigenvalue weighted by molar-refractivity contribution is -0.140. The number of para-hydroxylation sites is 1. The summed E-state index contributed by atoms with van der Waals surface area (Å²) >= 11 is 12.3. The average molecular weight is 607 g/mol. The summed E-state index contributed by atoms with van der Waals surface area (Å²) in [6.45, 7) is 6.55. The molecule has 0 spiro atoms. The number of ether oxygens (including phenoxy) is 1. The lowest BCUT2D eigenvalue weighted by atomic mass is 10.1. The van der Waals surface area contributed by atoms with Crippen molar-refractivity contribution in [3.8, 4) is 5.75 Å². The van der Waals surface area contributed by atoms with Crippen molar-refractivity contribution in [2.24, 2.45) is 0 Å². The standard InChI is InChI=1S/C29H33Cl2N3O5S/c1-20(28(36)32-29(2,3)4)33(18-21-11-16-25(30)26(31)17-21)27(35)19-34(22-9-7-6-8-10-22)40(37,38)24-14-12-23(39-5)13-15-24/h6-17,20H,18-19H2,1-5H3,(H,32,36)/t20-/m1/s1. The van der Waals surface area contributed by atoms with E-state index in [0.717, 1.165) is 4.31 Å². The van der Waals surface area contributed by atoms with E-state index in [4.69, 9.17) is 27.9 Å². The highest BCUT2D eigenvalue weighted by Crippen LogP contribution is 2.27. The van der Waals surface area contributed by atoms with Crippen LogP contribution in [0.5, 0.6) is 5.75 Å². The number of sulfonamides is 1. The predicted octanol–water partition coefficient (Wildman–Crippen LogP) is 5.53. The fourth-order valence-electron chi connectivity index (χ4n) is 3.89. The summed E-state index contributed by atoms with van der Waals surface area (Å²) in [5, 5.41) is 3.54. The highest BCUT2D eigenvalue weighted by Gasteiger charge is 2.33. The number of amides is 2. The second-order valence-electron chi connectivity index (χ2n) is 10.2. The second kappa shape index (κ2) is 12.9. The van der Waals surface area contributed by atoms with Gasteiger partial charge in [0.25, 0.3) is 10.0 Å². The number of methoxy groups -OCH3 is 1. The third kappa shape index (κ3) is 7.90. The van der Waals surface area contributed by atoms with E-state index in [1.165, 1.54) is 36.3 Å². The molecule has 0 radical (unpaired) electrons. The normalized spacial score (nSPS) is 12.4. The van der Waals surface area contributed by atoms with Crippen LogP contribution in [0.25, 0.3) is 0 Å². The van der Waals surface area contributed by atoms with Gasteiger partial charge in [-0.25, -0.2) is 8.42 Å². The van der Waals surface area contributed by atoms with Crippen molar-refractivity contribution >= 4 is 50.7 Å². The van der Waals surface area contributed by atoms with Gasteiger partial charge in [0.05, 0.1) is 27.7 Å². The summed E-state index contributed by atoms with van der Waals surface area (Å²) in [5.74, 6) is -0.471. The molecule has 0 saturated heterocycles. The number of carbonyl (C=O) groups is 2. The zero-order valence-electron chi connectivity index (χ0n) is 23.0. The Morgan fingerprint density at radius 2 is 1.57 bits per heavy atom. The Bertz CT molecular complexity index is 1440. The van der Waals surface area contributed by atoms with Crippen molar-refractivity contribution in [1.82, 2.24) is 10.2 Å². The average Bonchev–Trinajstić information content (AvgIpc) is 2.91. The summed E-state index contributed by atoms with van der Waals surface area (Å²) in [4.78, 5) is 28.4. The molecule has 3 aromatic rings. The van der Waals surface area contributed by atoms with E-state index in [-0.39, 0.29) is 17.3 Å². The Morgan fingerprint density at radius 1 is 0.950 bits per heavy atom. The molecule has 0 unspecified atom stereocenters. The molecule has 3 rings (SSSR count). The molecule has 8 nitrogen and oxygen atoms in total. The number of hydrogen-bond donors (Lipinski definition) is 1. The molecule has 0 aliphatic carbocycles. The molecule has 1 atom stereocenters. The Kier molecular flexibility index (Phi) is 10.1. The van der Waals surface area contributed by atoms with Crippen LogP contribution in [0.2, 0.25) is 10.0 Å². The first kappa shape index (κ1) is 31.3. The molecule has 11 heteroatoms. The van der Waals surface area contributed by atoms with E-state index in [1.54, 1.807) is 55.5 Å². The minimum absolute atomic E-state index is 0.000332. The molecule has 3 aromatic carbocycles. The van der Waals surface area contributed by atoms with Gasteiger partial charge in [0, 0.05) is 12.1 Å². The molecule has 0 bridgehead atoms. The van der Waals surface area contributed by atoms with Crippen molar-refractivity contribution in [2.75, 3.05) is 18.0 Å². The SMILES string of the molecule is COc1ccc(S(=O)(=O)N(CC(=O)N(Cc2ccc(Cl)c(Cl)c2)[C@H](C)C(=O)NC(C)(C)C)c2ccccc2)cc1. The van der Waals surface area contributed by atoms with Gasteiger partial charge in [-0.05, 0) is 81.8 Å². The van der Waals surface area contributed by atoms with Gasteiger partial charge in [-0.3, -0.25) is 13.9 Å². The number of hydrogen-bond acceptors (Lipinski definition) is 5. The zero-order chi connectivity index (χ0) is 29.7. The van der Waals surface area contributed by atoms with Crippen LogP contribution in [-0.2, 0) is 26.2 Å². The van der Waals surface area contributed by atoms with Crippen LogP contribution < -0.4 is 14.4 Å². The minimum atomic E-state index is -4.18. The second-order valence-corrected chi connectivity index (χ2v) is 12.9. The quantitative estimate of drug-likeness (QED) is 0.328. The van der Waals surface area contributed by atoms with Crippen LogP contribution in [0.1, 0.15) is 33.3 Å². The zero-order valence-corrected chi connectivity index (χ0v) is 25.3. The monoisotopic (exact) mass is 605 g/mol. The topological polar surface area (TPSA) is 96.0 Å². The Morgan fingerprint density at radius 3 is 2.12 bits per heavy atom. The molecule has 0 aliphatic heterocycles. The van der Waals surface area contributed by atoms with Crippen LogP contribution in [0.15, 0.2) is 77.7 Å². The maximum Gasteiger partial charge on any atom is 0.264 e. The Hall–Kier alpha value is -3.27. The highest BCUT2D eigenvalue weighted by atomic mass is 35.5. The molecule has 40 heavy (non-hydrogen) atoms. The molecule has 0 aromatic heterocycles. The molecule has 0 heterocycles. The fourth-order valence-corrected chi connectivity index (χ4v) is 5.62. The number of carbonyl (C=O) groups excluding carboxylic acids is 2.